The minimum atomic E-state index is -1.25. The molecule has 0 N–H and O–H groups in total. The molecule has 0 saturated carbocycles. The second-order valence-electron chi connectivity index (χ2n) is 8.22. The molecule has 34 heavy (non-hydrogen) atoms. The third kappa shape index (κ3) is 3.19. The summed E-state index contributed by atoms with van der Waals surface area (Å²) in [7, 11) is 6.77. The fourth-order valence-corrected chi connectivity index (χ4v) is 5.32. The van der Waals surface area contributed by atoms with Gasteiger partial charge in [0.25, 0.3) is 5.56 Å². The van der Waals surface area contributed by atoms with Crippen LogP contribution in [0.2, 0.25) is 0 Å². The molecule has 1 fully saturated rings. The lowest BCUT2D eigenvalue weighted by molar-refractivity contribution is -0.156. The predicted molar refractivity (Wildman–Crippen MR) is 125 cm³/mol. The van der Waals surface area contributed by atoms with Gasteiger partial charge in [-0.25, -0.2) is 4.79 Å². The fraction of sp³-hybridized carbons (Fsp3) is 0.409. The third-order valence-electron chi connectivity index (χ3n) is 6.58. The zero-order chi connectivity index (χ0) is 25.1. The van der Waals surface area contributed by atoms with E-state index in [1.54, 1.807) is 36.2 Å². The van der Waals surface area contributed by atoms with Gasteiger partial charge in [0.05, 0.1) is 14.2 Å². The molecule has 1 saturated heterocycles. The van der Waals surface area contributed by atoms with Gasteiger partial charge in [0, 0.05) is 31.2 Å². The maximum atomic E-state index is 13.8. The van der Waals surface area contributed by atoms with Crippen molar-refractivity contribution in [2.45, 2.75) is 12.2 Å². The lowest BCUT2D eigenvalue weighted by atomic mass is 9.85. The summed E-state index contributed by atoms with van der Waals surface area (Å²) in [5, 5.41) is 0. The van der Waals surface area contributed by atoms with Crippen LogP contribution in [0.3, 0.4) is 0 Å². The summed E-state index contributed by atoms with van der Waals surface area (Å²) < 4.78 is 12.9. The number of ketones is 1. The monoisotopic (exact) mass is 534 g/mol. The van der Waals surface area contributed by atoms with Crippen molar-refractivity contribution in [2.75, 3.05) is 31.1 Å². The number of hydrogen-bond acceptors (Lipinski definition) is 9. The second-order valence-corrected chi connectivity index (χ2v) is 9.14. The highest BCUT2D eigenvalue weighted by Crippen LogP contribution is 2.49. The van der Waals surface area contributed by atoms with Gasteiger partial charge in [-0.3, -0.25) is 28.3 Å². The van der Waals surface area contributed by atoms with E-state index in [1.165, 1.54) is 37.8 Å². The van der Waals surface area contributed by atoms with Gasteiger partial charge < -0.3 is 19.3 Å². The summed E-state index contributed by atoms with van der Waals surface area (Å²) in [5.41, 5.74) is -0.876. The molecule has 4 rings (SSSR count). The molecule has 0 unspecified atom stereocenters. The van der Waals surface area contributed by atoms with Crippen molar-refractivity contribution in [3.63, 3.8) is 0 Å². The van der Waals surface area contributed by atoms with Gasteiger partial charge >= 0.3 is 17.6 Å². The minimum Gasteiger partial charge on any atom is -0.469 e. The maximum Gasteiger partial charge on any atom is 0.332 e. The highest BCUT2D eigenvalue weighted by atomic mass is 79.9. The molecule has 1 aromatic carbocycles. The number of benzene rings is 1. The molecule has 180 valence electrons. The van der Waals surface area contributed by atoms with Crippen LogP contribution in [-0.2, 0) is 33.2 Å². The van der Waals surface area contributed by atoms with E-state index in [4.69, 9.17) is 9.47 Å². The lowest BCUT2D eigenvalue weighted by Crippen LogP contribution is -2.48. The van der Waals surface area contributed by atoms with Crippen LogP contribution in [0.4, 0.5) is 11.5 Å². The number of anilines is 2. The molecule has 1 aromatic heterocycles. The van der Waals surface area contributed by atoms with Gasteiger partial charge in [-0.15, -0.1) is 0 Å². The van der Waals surface area contributed by atoms with Crippen LogP contribution in [0.5, 0.6) is 0 Å². The van der Waals surface area contributed by atoms with Gasteiger partial charge in [0.15, 0.2) is 5.78 Å². The maximum absolute atomic E-state index is 13.8. The molecular formula is C22H23BrN4O7. The third-order valence-corrected chi connectivity index (χ3v) is 7.11. The largest absolute Gasteiger partial charge is 0.469 e. The van der Waals surface area contributed by atoms with E-state index in [1.807, 2.05) is 0 Å². The number of rotatable bonds is 4. The summed E-state index contributed by atoms with van der Waals surface area (Å²) in [6.07, 6.45) is -0.934. The molecule has 11 nitrogen and oxygen atoms in total. The van der Waals surface area contributed by atoms with Gasteiger partial charge in [0.1, 0.15) is 35.5 Å². The Bertz CT molecular complexity index is 1320. The number of methoxy groups -OCH3 is 2. The van der Waals surface area contributed by atoms with Crippen LogP contribution < -0.4 is 21.0 Å². The highest BCUT2D eigenvalue weighted by molar-refractivity contribution is 9.10. The molecule has 4 atom stereocenters. The first kappa shape index (κ1) is 23.7. The summed E-state index contributed by atoms with van der Waals surface area (Å²) in [5.74, 6) is -4.18. The summed E-state index contributed by atoms with van der Waals surface area (Å²) in [6, 6.07) is 5.27. The van der Waals surface area contributed by atoms with E-state index < -0.39 is 53.0 Å². The molecular weight excluding hydrogens is 512 g/mol. The smallest absolute Gasteiger partial charge is 0.332 e. The van der Waals surface area contributed by atoms with Crippen LogP contribution in [0, 0.1) is 11.8 Å². The predicted octanol–water partition coefficient (Wildman–Crippen LogP) is 0.272. The van der Waals surface area contributed by atoms with Crippen molar-refractivity contribution < 1.29 is 23.9 Å². The summed E-state index contributed by atoms with van der Waals surface area (Å²) in [4.78, 5) is 68.8. The number of carbonyl (C=O) groups is 3. The van der Waals surface area contributed by atoms with Crippen LogP contribution in [0.1, 0.15) is 10.4 Å². The normalized spacial score (nSPS) is 22.9. The Morgan fingerprint density at radius 2 is 1.44 bits per heavy atom. The molecule has 0 amide bonds. The van der Waals surface area contributed by atoms with Crippen molar-refractivity contribution >= 4 is 45.2 Å². The number of fused-ring (bicyclic) bond motifs is 3. The average Bonchev–Trinajstić information content (AvgIpc) is 3.33. The van der Waals surface area contributed by atoms with Gasteiger partial charge in [-0.05, 0) is 12.1 Å². The molecule has 0 spiro atoms. The van der Waals surface area contributed by atoms with E-state index in [0.717, 1.165) is 9.04 Å². The number of ether oxygens (including phenoxy) is 2. The number of aromatic nitrogens is 2. The zero-order valence-corrected chi connectivity index (χ0v) is 20.7. The first-order chi connectivity index (χ1) is 16.1. The van der Waals surface area contributed by atoms with E-state index in [9.17, 15) is 24.0 Å². The Labute approximate surface area is 202 Å². The Balaban J connectivity index is 2.03. The number of hydrogen-bond donors (Lipinski definition) is 0. The van der Waals surface area contributed by atoms with Gasteiger partial charge in [0.2, 0.25) is 0 Å². The van der Waals surface area contributed by atoms with Gasteiger partial charge in [-0.1, -0.05) is 28.1 Å². The van der Waals surface area contributed by atoms with Crippen LogP contribution >= 0.6 is 15.9 Å². The van der Waals surface area contributed by atoms with Crippen LogP contribution in [0.15, 0.2) is 38.3 Å². The van der Waals surface area contributed by atoms with Crippen molar-refractivity contribution in [3.05, 3.63) is 55.1 Å². The lowest BCUT2D eigenvalue weighted by Gasteiger charge is -2.28. The van der Waals surface area contributed by atoms with E-state index in [0.29, 0.717) is 0 Å². The average molecular weight is 535 g/mol. The SMILES string of the molecule is COC(=O)[C@@H]1[C@H](C(=O)OC)[C@H]2N(C)c3c(c(=O)n(C)c(=O)n3C)N2[C@@H]1C(=O)c1ccc(Br)cc1. The first-order valence-corrected chi connectivity index (χ1v) is 11.1. The number of Topliss-reactive ketones (excluding diaryl/α,β-unsaturated/α-hetero) is 1. The molecule has 2 aliphatic heterocycles. The van der Waals surface area contributed by atoms with E-state index in [-0.39, 0.29) is 17.1 Å². The molecule has 12 heteroatoms. The minimum absolute atomic E-state index is 0.0490. The van der Waals surface area contributed by atoms with Crippen molar-refractivity contribution in [2.24, 2.45) is 25.9 Å². The Morgan fingerprint density at radius 1 is 0.882 bits per heavy atom. The number of esters is 2. The molecule has 0 bridgehead atoms. The topological polar surface area (TPSA) is 120 Å². The number of carbonyl (C=O) groups excluding carboxylic acids is 3. The Hall–Kier alpha value is -3.41. The second kappa shape index (κ2) is 8.42. The van der Waals surface area contributed by atoms with Crippen molar-refractivity contribution in [1.29, 1.82) is 0 Å². The van der Waals surface area contributed by atoms with Gasteiger partial charge in [-0.2, -0.15) is 0 Å². The van der Waals surface area contributed by atoms with E-state index >= 15 is 0 Å². The number of nitrogens with zero attached hydrogens (tertiary/aromatic N) is 4. The molecule has 0 aliphatic carbocycles. The molecule has 3 heterocycles. The van der Waals surface area contributed by atoms with Crippen molar-refractivity contribution in [1.82, 2.24) is 9.13 Å². The Kier molecular flexibility index (Phi) is 5.88. The Morgan fingerprint density at radius 3 is 2.00 bits per heavy atom. The first-order valence-electron chi connectivity index (χ1n) is 10.3. The standard InChI is InChI=1S/C22H23BrN4O7/c1-24-17-13(21(31)34-5)12(20(30)33-4)14(16(28)10-6-8-11(23)9-7-10)27(17)15-18(24)25(2)22(32)26(3)19(15)29/h6-9,12-14,17H,1-5H3/t12-,13+,14+,17+/m1/s1. The quantitative estimate of drug-likeness (QED) is 0.402. The highest BCUT2D eigenvalue weighted by Gasteiger charge is 2.64. The van der Waals surface area contributed by atoms with Crippen LogP contribution in [-0.4, -0.2) is 60.3 Å². The number of halogens is 1. The molecule has 2 aromatic rings. The summed E-state index contributed by atoms with van der Waals surface area (Å²) in [6.45, 7) is 0. The van der Waals surface area contributed by atoms with E-state index in [2.05, 4.69) is 15.9 Å². The van der Waals surface area contributed by atoms with Crippen LogP contribution in [0.25, 0.3) is 0 Å². The fourth-order valence-electron chi connectivity index (χ4n) is 5.05. The summed E-state index contributed by atoms with van der Waals surface area (Å²) >= 11 is 3.33. The molecule has 2 aliphatic rings. The zero-order valence-electron chi connectivity index (χ0n) is 19.1. The van der Waals surface area contributed by atoms with Crippen molar-refractivity contribution in [3.8, 4) is 0 Å². The molecule has 0 radical (unpaired) electrons.